The number of benzene rings is 2. The maximum absolute atomic E-state index is 13.4. The lowest BCUT2D eigenvalue weighted by molar-refractivity contribution is -0.149. The van der Waals surface area contributed by atoms with Crippen molar-refractivity contribution in [3.63, 3.8) is 0 Å². The van der Waals surface area contributed by atoms with E-state index in [1.165, 1.54) is 0 Å². The third kappa shape index (κ3) is 10.00. The van der Waals surface area contributed by atoms with Crippen LogP contribution in [0.4, 0.5) is 10.5 Å². The molecule has 2 aromatic carbocycles. The van der Waals surface area contributed by atoms with E-state index in [1.807, 2.05) is 43.5 Å². The Hall–Kier alpha value is -4.51. The van der Waals surface area contributed by atoms with Crippen molar-refractivity contribution in [2.45, 2.75) is 123 Å². The van der Waals surface area contributed by atoms with Crippen LogP contribution in [0.15, 0.2) is 60.8 Å². The highest BCUT2D eigenvalue weighted by Crippen LogP contribution is 2.52. The van der Waals surface area contributed by atoms with Crippen LogP contribution in [0.5, 0.6) is 0 Å². The van der Waals surface area contributed by atoms with Gasteiger partial charge in [0, 0.05) is 68.3 Å². The van der Waals surface area contributed by atoms with Gasteiger partial charge in [0.2, 0.25) is 0 Å². The third-order valence-electron chi connectivity index (χ3n) is 13.9. The first-order valence-corrected chi connectivity index (χ1v) is 23.2. The number of piperazine rings is 1. The van der Waals surface area contributed by atoms with E-state index in [-0.39, 0.29) is 42.3 Å². The van der Waals surface area contributed by atoms with E-state index in [9.17, 15) is 9.59 Å². The second kappa shape index (κ2) is 19.1. The van der Waals surface area contributed by atoms with Crippen molar-refractivity contribution in [1.29, 1.82) is 0 Å². The third-order valence-corrected chi connectivity index (χ3v) is 13.9. The minimum atomic E-state index is -0.547. The zero-order valence-electron chi connectivity index (χ0n) is 39.0. The molecule has 0 bridgehead atoms. The normalized spacial score (nSPS) is 20.8. The van der Waals surface area contributed by atoms with Gasteiger partial charge in [0.25, 0.3) is 0 Å². The Bertz CT molecular complexity index is 2250. The number of hydrogen-bond acceptors (Lipinski definition) is 12. The number of ether oxygens (including phenoxy) is 4. The number of carbonyl (C=O) groups excluding carboxylic acids is 2. The average molecular weight is 879 g/mol. The monoisotopic (exact) mass is 879 g/mol. The summed E-state index contributed by atoms with van der Waals surface area (Å²) >= 11 is 0. The maximum atomic E-state index is 13.4. The van der Waals surface area contributed by atoms with E-state index in [2.05, 4.69) is 86.1 Å². The summed E-state index contributed by atoms with van der Waals surface area (Å²) < 4.78 is 39.7. The van der Waals surface area contributed by atoms with Gasteiger partial charge in [0.05, 0.1) is 59.9 Å². The van der Waals surface area contributed by atoms with Crippen molar-refractivity contribution in [3.8, 4) is 11.3 Å². The number of pyridine rings is 1. The lowest BCUT2D eigenvalue weighted by atomic mass is 9.78. The number of methoxy groups -OCH3 is 1. The molecular formula is C49H67BN6O8. The van der Waals surface area contributed by atoms with Crippen LogP contribution in [0.3, 0.4) is 0 Å². The molecule has 4 aliphatic rings. The number of aromatic nitrogens is 2. The second-order valence-electron chi connectivity index (χ2n) is 19.3. The van der Waals surface area contributed by atoms with Gasteiger partial charge in [-0.25, -0.2) is 10.2 Å². The molecule has 3 aliphatic heterocycles. The first kappa shape index (κ1) is 46.0. The van der Waals surface area contributed by atoms with Gasteiger partial charge < -0.3 is 42.6 Å². The molecule has 1 saturated carbocycles. The van der Waals surface area contributed by atoms with Crippen molar-refractivity contribution >= 4 is 41.2 Å². The summed E-state index contributed by atoms with van der Waals surface area (Å²) in [4.78, 5) is 35.8. The first-order chi connectivity index (χ1) is 30.7. The quantitative estimate of drug-likeness (QED) is 0.0914. The highest BCUT2D eigenvalue weighted by atomic mass is 16.7. The van der Waals surface area contributed by atoms with E-state index in [1.54, 1.807) is 12.0 Å². The van der Waals surface area contributed by atoms with Crippen LogP contribution in [0.1, 0.15) is 97.1 Å². The van der Waals surface area contributed by atoms with Gasteiger partial charge in [0.15, 0.2) is 0 Å². The van der Waals surface area contributed by atoms with Crippen molar-refractivity contribution in [2.75, 3.05) is 57.9 Å². The van der Waals surface area contributed by atoms with Gasteiger partial charge in [-0.3, -0.25) is 15.2 Å². The predicted octanol–water partition coefficient (Wildman–Crippen LogP) is 6.72. The van der Waals surface area contributed by atoms with Gasteiger partial charge in [-0.2, -0.15) is 0 Å². The van der Waals surface area contributed by atoms with E-state index < -0.39 is 18.3 Å². The van der Waals surface area contributed by atoms with Gasteiger partial charge in [-0.05, 0) is 109 Å². The lowest BCUT2D eigenvalue weighted by Gasteiger charge is -2.35. The number of fused-ring (bicyclic) bond motifs is 1. The molecule has 2 N–H and O–H groups in total. The van der Waals surface area contributed by atoms with Crippen LogP contribution in [-0.2, 0) is 52.6 Å². The molecule has 0 radical (unpaired) electrons. The van der Waals surface area contributed by atoms with Crippen molar-refractivity contribution in [3.05, 3.63) is 77.6 Å². The van der Waals surface area contributed by atoms with Gasteiger partial charge in [-0.1, -0.05) is 42.5 Å². The Kier molecular flexibility index (Phi) is 13.8. The van der Waals surface area contributed by atoms with Crippen LogP contribution in [0, 0.1) is 5.41 Å². The number of rotatable bonds is 16. The summed E-state index contributed by atoms with van der Waals surface area (Å²) in [6.45, 7) is 19.2. The molecule has 3 saturated heterocycles. The predicted molar refractivity (Wildman–Crippen MR) is 248 cm³/mol. The maximum Gasteiger partial charge on any atom is 0.494 e. The summed E-state index contributed by atoms with van der Waals surface area (Å²) in [6, 6.07) is 18.2. The fourth-order valence-corrected chi connectivity index (χ4v) is 8.97. The first-order valence-electron chi connectivity index (χ1n) is 23.2. The SMILES string of the molecule is CO[C@@H](C)c1ncc(N2CCN(C(=O)OCc3ccccc3)CC2)cc1-c1c(CC2(COC(=O)[C@@H]3CCCNN3)CC2)c2cc(B3OC(C)(C)C(C)(C)O3)ccc2n1CCOC(C)C. The van der Waals surface area contributed by atoms with Crippen LogP contribution >= 0.6 is 0 Å². The average Bonchev–Trinajstić information content (AvgIpc) is 3.95. The smallest absolute Gasteiger partial charge is 0.464 e. The molecule has 0 spiro atoms. The molecule has 4 fully saturated rings. The number of anilines is 1. The van der Waals surface area contributed by atoms with Crippen LogP contribution < -0.4 is 21.2 Å². The van der Waals surface area contributed by atoms with Gasteiger partial charge >= 0.3 is 19.2 Å². The lowest BCUT2D eigenvalue weighted by Crippen LogP contribution is -2.50. The Morgan fingerprint density at radius 3 is 2.34 bits per heavy atom. The molecule has 344 valence electrons. The summed E-state index contributed by atoms with van der Waals surface area (Å²) in [7, 11) is 1.17. The molecule has 2 atom stereocenters. The number of nitrogens with zero attached hydrogens (tertiary/aromatic N) is 4. The number of nitrogens with one attached hydrogen (secondary N) is 2. The van der Waals surface area contributed by atoms with Crippen LogP contribution in [0.25, 0.3) is 22.2 Å². The van der Waals surface area contributed by atoms with Crippen molar-refractivity contribution < 1.29 is 37.8 Å². The molecule has 1 amide bonds. The van der Waals surface area contributed by atoms with Crippen molar-refractivity contribution in [2.24, 2.45) is 5.41 Å². The highest BCUT2D eigenvalue weighted by Gasteiger charge is 2.52. The topological polar surface area (TPSA) is 138 Å². The number of hydrogen-bond donors (Lipinski definition) is 2. The van der Waals surface area contributed by atoms with Gasteiger partial charge in [-0.15, -0.1) is 0 Å². The largest absolute Gasteiger partial charge is 0.494 e. The molecule has 2 aromatic heterocycles. The minimum Gasteiger partial charge on any atom is -0.464 e. The molecule has 5 heterocycles. The summed E-state index contributed by atoms with van der Waals surface area (Å²) in [6.07, 6.45) is 5.57. The minimum absolute atomic E-state index is 0.0568. The Labute approximate surface area is 378 Å². The number of carbonyl (C=O) groups is 2. The standard InChI is InChI=1S/C49H67BN6O8/c1-33(2)60-26-25-56-42-17-16-36(50-63-47(4,5)48(6,7)64-50)27-38(42)40(29-49(18-19-49)32-62-45(57)41-15-12-20-52-53-41)44(56)39-28-37(30-51-43(39)34(3)59-8)54-21-23-55(24-22-54)46(58)61-31-35-13-10-9-11-14-35/h9-11,13-14,16-17,27-28,30,33-34,41,52-53H,12,15,18-26,29,31-32H2,1-8H3/t34-,41-/m0/s1. The second-order valence-corrected chi connectivity index (χ2v) is 19.3. The molecule has 64 heavy (non-hydrogen) atoms. The van der Waals surface area contributed by atoms with E-state index >= 15 is 0 Å². The molecule has 14 nitrogen and oxygen atoms in total. The summed E-state index contributed by atoms with van der Waals surface area (Å²) in [5, 5.41) is 1.09. The van der Waals surface area contributed by atoms with E-state index in [0.717, 1.165) is 82.4 Å². The van der Waals surface area contributed by atoms with Gasteiger partial charge in [0.1, 0.15) is 12.6 Å². The van der Waals surface area contributed by atoms with Crippen LogP contribution in [-0.4, -0.2) is 110 Å². The molecule has 0 unspecified atom stereocenters. The Morgan fingerprint density at radius 2 is 1.69 bits per heavy atom. The fourth-order valence-electron chi connectivity index (χ4n) is 8.97. The molecule has 8 rings (SSSR count). The zero-order valence-corrected chi connectivity index (χ0v) is 39.0. The molecule has 4 aromatic rings. The molecule has 1 aliphatic carbocycles. The fraction of sp³-hybridized carbons (Fsp3) is 0.571. The number of hydrazine groups is 1. The molecule has 15 heteroatoms. The molecular weight excluding hydrogens is 811 g/mol. The Morgan fingerprint density at radius 1 is 0.953 bits per heavy atom. The number of esters is 1. The Balaban J connectivity index is 1.18. The highest BCUT2D eigenvalue weighted by molar-refractivity contribution is 6.62. The van der Waals surface area contributed by atoms with E-state index in [4.69, 9.17) is 33.2 Å². The van der Waals surface area contributed by atoms with E-state index in [0.29, 0.717) is 52.4 Å². The summed E-state index contributed by atoms with van der Waals surface area (Å²) in [5.74, 6) is -0.215. The summed E-state index contributed by atoms with van der Waals surface area (Å²) in [5.41, 5.74) is 12.9. The number of amides is 1. The van der Waals surface area contributed by atoms with Crippen LogP contribution in [0.2, 0.25) is 0 Å². The zero-order chi connectivity index (χ0) is 45.2. The van der Waals surface area contributed by atoms with Crippen molar-refractivity contribution in [1.82, 2.24) is 25.3 Å².